The number of benzene rings is 1. The van der Waals surface area contributed by atoms with Gasteiger partial charge in [-0.1, -0.05) is 23.7 Å². The van der Waals surface area contributed by atoms with Crippen molar-refractivity contribution in [3.05, 3.63) is 35.0 Å². The van der Waals surface area contributed by atoms with Crippen molar-refractivity contribution in [3.63, 3.8) is 0 Å². The Balaban J connectivity index is 2.11. The summed E-state index contributed by atoms with van der Waals surface area (Å²) in [6, 6.07) is 6.61. The molecule has 0 amide bonds. The van der Waals surface area contributed by atoms with Gasteiger partial charge in [0.25, 0.3) is 0 Å². The molecule has 2 heterocycles. The van der Waals surface area contributed by atoms with Gasteiger partial charge < -0.3 is 10.0 Å². The molecule has 2 aromatic rings. The molecule has 1 aliphatic heterocycles. The molecule has 2 atom stereocenters. The van der Waals surface area contributed by atoms with Gasteiger partial charge >= 0.3 is 0 Å². The minimum Gasteiger partial charge on any atom is -0.396 e. The van der Waals surface area contributed by atoms with Crippen LogP contribution in [-0.4, -0.2) is 29.3 Å². The Hall–Kier alpha value is -1.32. The van der Waals surface area contributed by atoms with Crippen LogP contribution >= 0.6 is 11.6 Å². The van der Waals surface area contributed by atoms with Gasteiger partial charge in [-0.05, 0) is 31.9 Å². The van der Waals surface area contributed by atoms with Gasteiger partial charge in [0, 0.05) is 42.4 Å². The van der Waals surface area contributed by atoms with E-state index in [1.165, 1.54) is 5.69 Å². The fourth-order valence-corrected chi connectivity index (χ4v) is 3.34. The predicted molar refractivity (Wildman–Crippen MR) is 83.5 cm³/mol. The summed E-state index contributed by atoms with van der Waals surface area (Å²) in [7, 11) is 0. The number of nitrogens with zero attached hydrogens (tertiary/aromatic N) is 2. The lowest BCUT2D eigenvalue weighted by atomic mass is 10.1. The number of aryl methyl sites for hydroxylation is 1. The lowest BCUT2D eigenvalue weighted by molar-refractivity contribution is 0.236. The molecule has 0 aliphatic carbocycles. The molecule has 1 aromatic heterocycles. The van der Waals surface area contributed by atoms with Crippen LogP contribution in [0.5, 0.6) is 0 Å². The van der Waals surface area contributed by atoms with Crippen molar-refractivity contribution in [2.45, 2.75) is 26.3 Å². The number of halogens is 1. The highest BCUT2D eigenvalue weighted by Crippen LogP contribution is 2.36. The Kier molecular flexibility index (Phi) is 3.57. The first-order valence-corrected chi connectivity index (χ1v) is 7.41. The quantitative estimate of drug-likeness (QED) is 0.921. The van der Waals surface area contributed by atoms with E-state index in [1.807, 2.05) is 25.3 Å². The molecular formula is C16H19ClN2O. The average Bonchev–Trinajstić information content (AvgIpc) is 2.83. The number of rotatable bonds is 2. The third-order valence-corrected chi connectivity index (χ3v) is 4.73. The molecule has 1 N–H and O–H groups in total. The lowest BCUT2D eigenvalue weighted by Gasteiger charge is -2.25. The van der Waals surface area contributed by atoms with Crippen LogP contribution < -0.4 is 4.90 Å². The van der Waals surface area contributed by atoms with Gasteiger partial charge in [0.05, 0.1) is 10.5 Å². The Morgan fingerprint density at radius 2 is 2.20 bits per heavy atom. The number of anilines is 1. The molecule has 1 aromatic carbocycles. The molecule has 20 heavy (non-hydrogen) atoms. The second-order valence-corrected chi connectivity index (χ2v) is 6.09. The molecule has 2 unspecified atom stereocenters. The van der Waals surface area contributed by atoms with Gasteiger partial charge in [-0.3, -0.25) is 4.98 Å². The van der Waals surface area contributed by atoms with Crippen molar-refractivity contribution < 1.29 is 5.11 Å². The first kappa shape index (κ1) is 13.7. The maximum Gasteiger partial charge on any atom is 0.0911 e. The van der Waals surface area contributed by atoms with Crippen LogP contribution in [0.4, 0.5) is 5.69 Å². The molecule has 0 radical (unpaired) electrons. The van der Waals surface area contributed by atoms with E-state index in [9.17, 15) is 5.11 Å². The van der Waals surface area contributed by atoms with Crippen LogP contribution in [0.15, 0.2) is 24.4 Å². The number of aliphatic hydroxyl groups is 1. The molecular weight excluding hydrogens is 272 g/mol. The van der Waals surface area contributed by atoms with E-state index in [2.05, 4.69) is 22.9 Å². The minimum absolute atomic E-state index is 0.254. The lowest BCUT2D eigenvalue weighted by Crippen LogP contribution is -2.27. The van der Waals surface area contributed by atoms with Crippen LogP contribution in [0.3, 0.4) is 0 Å². The van der Waals surface area contributed by atoms with Crippen molar-refractivity contribution in [2.75, 3.05) is 18.1 Å². The summed E-state index contributed by atoms with van der Waals surface area (Å²) < 4.78 is 0. The molecule has 0 bridgehead atoms. The first-order valence-electron chi connectivity index (χ1n) is 7.03. The van der Waals surface area contributed by atoms with Crippen molar-refractivity contribution in [1.29, 1.82) is 0 Å². The van der Waals surface area contributed by atoms with E-state index in [0.29, 0.717) is 12.0 Å². The van der Waals surface area contributed by atoms with Gasteiger partial charge in [-0.25, -0.2) is 0 Å². The van der Waals surface area contributed by atoms with Crippen molar-refractivity contribution in [3.8, 4) is 0 Å². The SMILES string of the molecule is Cc1ccc2c(N3CC(CO)CC3C)ccnc2c1Cl. The fraction of sp³-hybridized carbons (Fsp3) is 0.438. The van der Waals surface area contributed by atoms with Crippen LogP contribution in [0.2, 0.25) is 5.02 Å². The number of fused-ring (bicyclic) bond motifs is 1. The van der Waals surface area contributed by atoms with Gasteiger partial charge in [0.15, 0.2) is 0 Å². The van der Waals surface area contributed by atoms with E-state index in [4.69, 9.17) is 11.6 Å². The summed E-state index contributed by atoms with van der Waals surface area (Å²) in [5.41, 5.74) is 3.08. The Labute approximate surface area is 124 Å². The topological polar surface area (TPSA) is 36.4 Å². The predicted octanol–water partition coefficient (Wildman–Crippen LogP) is 3.40. The minimum atomic E-state index is 0.254. The van der Waals surface area contributed by atoms with Crippen molar-refractivity contribution >= 4 is 28.2 Å². The molecule has 106 valence electrons. The molecule has 0 spiro atoms. The van der Waals surface area contributed by atoms with Gasteiger partial charge in [0.1, 0.15) is 0 Å². The van der Waals surface area contributed by atoms with Crippen LogP contribution in [0.25, 0.3) is 10.9 Å². The molecule has 1 aliphatic rings. The Morgan fingerprint density at radius 3 is 2.90 bits per heavy atom. The number of aliphatic hydroxyl groups excluding tert-OH is 1. The largest absolute Gasteiger partial charge is 0.396 e. The summed E-state index contributed by atoms with van der Waals surface area (Å²) >= 11 is 6.38. The van der Waals surface area contributed by atoms with Gasteiger partial charge in [-0.15, -0.1) is 0 Å². The maximum atomic E-state index is 9.38. The smallest absolute Gasteiger partial charge is 0.0911 e. The van der Waals surface area contributed by atoms with Gasteiger partial charge in [0.2, 0.25) is 0 Å². The molecule has 3 nitrogen and oxygen atoms in total. The number of pyridine rings is 1. The fourth-order valence-electron chi connectivity index (χ4n) is 3.13. The Bertz CT molecular complexity index is 644. The Morgan fingerprint density at radius 1 is 1.40 bits per heavy atom. The van der Waals surface area contributed by atoms with E-state index in [1.54, 1.807) is 0 Å². The van der Waals surface area contributed by atoms with E-state index >= 15 is 0 Å². The summed E-state index contributed by atoms with van der Waals surface area (Å²) in [6.45, 7) is 5.35. The van der Waals surface area contributed by atoms with Crippen LogP contribution in [0.1, 0.15) is 18.9 Å². The second-order valence-electron chi connectivity index (χ2n) is 5.71. The third kappa shape index (κ3) is 2.15. The maximum absolute atomic E-state index is 9.38. The molecule has 1 fully saturated rings. The number of hydrogen-bond donors (Lipinski definition) is 1. The molecule has 3 rings (SSSR count). The monoisotopic (exact) mass is 290 g/mol. The molecule has 1 saturated heterocycles. The average molecular weight is 291 g/mol. The zero-order valence-electron chi connectivity index (χ0n) is 11.8. The van der Waals surface area contributed by atoms with E-state index in [-0.39, 0.29) is 6.61 Å². The molecule has 0 saturated carbocycles. The van der Waals surface area contributed by atoms with Gasteiger partial charge in [-0.2, -0.15) is 0 Å². The molecule has 4 heteroatoms. The number of hydrogen-bond acceptors (Lipinski definition) is 3. The summed E-state index contributed by atoms with van der Waals surface area (Å²) in [5, 5.41) is 11.2. The van der Waals surface area contributed by atoms with Crippen molar-refractivity contribution in [1.82, 2.24) is 4.98 Å². The standard InChI is InChI=1S/C16H19ClN2O/c1-10-3-4-13-14(5-6-18-16(13)15(10)17)19-8-12(9-20)7-11(19)2/h3-6,11-12,20H,7-9H2,1-2H3. The van der Waals surface area contributed by atoms with Crippen LogP contribution in [-0.2, 0) is 0 Å². The number of aromatic nitrogens is 1. The summed E-state index contributed by atoms with van der Waals surface area (Å²) in [4.78, 5) is 6.79. The highest BCUT2D eigenvalue weighted by molar-refractivity contribution is 6.36. The van der Waals surface area contributed by atoms with Crippen molar-refractivity contribution in [2.24, 2.45) is 5.92 Å². The van der Waals surface area contributed by atoms with E-state index < -0.39 is 0 Å². The first-order chi connectivity index (χ1) is 9.61. The van der Waals surface area contributed by atoms with E-state index in [0.717, 1.165) is 34.5 Å². The normalized spacial score (nSPS) is 22.7. The van der Waals surface area contributed by atoms with Crippen LogP contribution in [0, 0.1) is 12.8 Å². The zero-order chi connectivity index (χ0) is 14.3. The zero-order valence-corrected chi connectivity index (χ0v) is 12.6. The highest BCUT2D eigenvalue weighted by Gasteiger charge is 2.29. The third-order valence-electron chi connectivity index (χ3n) is 4.25. The summed E-state index contributed by atoms with van der Waals surface area (Å²) in [6.07, 6.45) is 2.85. The second kappa shape index (κ2) is 5.23. The highest BCUT2D eigenvalue weighted by atomic mass is 35.5. The summed E-state index contributed by atoms with van der Waals surface area (Å²) in [5.74, 6) is 0.356.